The largest absolute Gasteiger partial charge is 0.497 e. The van der Waals surface area contributed by atoms with Crippen molar-refractivity contribution in [3.05, 3.63) is 126 Å². The van der Waals surface area contributed by atoms with Gasteiger partial charge in [-0.15, -0.1) is 0 Å². The number of benzene rings is 4. The summed E-state index contributed by atoms with van der Waals surface area (Å²) in [6.45, 7) is 0.861. The molecule has 5 aromatic rings. The van der Waals surface area contributed by atoms with Crippen LogP contribution in [0.2, 0.25) is 0 Å². The van der Waals surface area contributed by atoms with Gasteiger partial charge < -0.3 is 34.4 Å². The highest BCUT2D eigenvalue weighted by Crippen LogP contribution is 2.47. The van der Waals surface area contributed by atoms with Crippen molar-refractivity contribution in [1.82, 2.24) is 4.57 Å². The molecular weight excluding hydrogens is 655 g/mol. The summed E-state index contributed by atoms with van der Waals surface area (Å²) < 4.78 is 53.5. The zero-order valence-corrected chi connectivity index (χ0v) is 29.4. The molecule has 4 N–H and O–H groups in total. The van der Waals surface area contributed by atoms with Crippen LogP contribution >= 0.6 is 0 Å². The van der Waals surface area contributed by atoms with E-state index in [2.05, 4.69) is 4.72 Å². The molecule has 50 heavy (non-hydrogen) atoms. The molecule has 0 saturated carbocycles. The van der Waals surface area contributed by atoms with Gasteiger partial charge in [-0.05, 0) is 90.5 Å². The summed E-state index contributed by atoms with van der Waals surface area (Å²) in [6, 6.07) is 31.0. The number of aliphatic hydroxyl groups excluding tert-OH is 1. The fourth-order valence-corrected chi connectivity index (χ4v) is 7.47. The molecular formula is C39H45N3O7S. The van der Waals surface area contributed by atoms with Crippen LogP contribution in [0.4, 0.5) is 5.69 Å². The van der Waals surface area contributed by atoms with E-state index in [1.807, 2.05) is 102 Å². The maximum absolute atomic E-state index is 12.0. The molecule has 0 amide bonds. The van der Waals surface area contributed by atoms with Crippen LogP contribution < -0.4 is 19.9 Å². The van der Waals surface area contributed by atoms with E-state index < -0.39 is 34.1 Å². The van der Waals surface area contributed by atoms with Gasteiger partial charge in [0.25, 0.3) is 0 Å². The highest BCUT2D eigenvalue weighted by Gasteiger charge is 2.53. The lowest BCUT2D eigenvalue weighted by Crippen LogP contribution is -2.48. The number of aromatic nitrogens is 1. The third-order valence-corrected chi connectivity index (χ3v) is 9.88. The first kappa shape index (κ1) is 35.4. The van der Waals surface area contributed by atoms with Gasteiger partial charge in [0.05, 0.1) is 38.7 Å². The van der Waals surface area contributed by atoms with Gasteiger partial charge in [-0.2, -0.15) is 0 Å². The van der Waals surface area contributed by atoms with E-state index in [1.165, 1.54) is 0 Å². The number of hydrogen-bond acceptors (Lipinski definition) is 8. The minimum absolute atomic E-state index is 0.306. The predicted octanol–water partition coefficient (Wildman–Crippen LogP) is 5.77. The molecule has 1 aromatic heterocycles. The molecule has 4 unspecified atom stereocenters. The number of rotatable bonds is 15. The molecule has 10 nitrogen and oxygen atoms in total. The quantitative estimate of drug-likeness (QED) is 0.125. The first-order valence-corrected chi connectivity index (χ1v) is 18.7. The van der Waals surface area contributed by atoms with E-state index in [0.29, 0.717) is 43.9 Å². The summed E-state index contributed by atoms with van der Waals surface area (Å²) in [7, 11) is -0.191. The number of ether oxygens (including phenoxy) is 4. The lowest BCUT2D eigenvalue weighted by molar-refractivity contribution is -0.153. The number of sulfonamides is 1. The highest BCUT2D eigenvalue weighted by molar-refractivity contribution is 7.92. The lowest BCUT2D eigenvalue weighted by Gasteiger charge is -2.41. The molecule has 1 aliphatic rings. The van der Waals surface area contributed by atoms with Crippen LogP contribution in [0.3, 0.4) is 0 Å². The topological polar surface area (TPSA) is 134 Å². The molecule has 0 spiro atoms. The molecule has 0 bridgehead atoms. The van der Waals surface area contributed by atoms with Crippen LogP contribution in [-0.2, 0) is 37.9 Å². The Balaban J connectivity index is 1.41. The number of hydrogen-bond donors (Lipinski definition) is 3. The summed E-state index contributed by atoms with van der Waals surface area (Å²) in [5.74, 6) is 1.49. The average molecular weight is 700 g/mol. The van der Waals surface area contributed by atoms with Crippen molar-refractivity contribution < 1.29 is 32.5 Å². The minimum atomic E-state index is -3.46. The summed E-state index contributed by atoms with van der Waals surface area (Å²) >= 11 is 0. The van der Waals surface area contributed by atoms with Crippen molar-refractivity contribution in [2.24, 2.45) is 5.73 Å². The number of nitrogens with two attached hydrogens (primary N) is 1. The molecule has 2 heterocycles. The van der Waals surface area contributed by atoms with Crippen molar-refractivity contribution >= 4 is 26.6 Å². The van der Waals surface area contributed by atoms with Crippen molar-refractivity contribution in [3.63, 3.8) is 0 Å². The number of nitrogens with zero attached hydrogens (tertiary/aromatic N) is 1. The van der Waals surface area contributed by atoms with Gasteiger partial charge in [0.2, 0.25) is 10.0 Å². The number of aryl methyl sites for hydroxylation is 1. The van der Waals surface area contributed by atoms with E-state index in [4.69, 9.17) is 24.7 Å². The van der Waals surface area contributed by atoms with E-state index >= 15 is 0 Å². The Morgan fingerprint density at radius 1 is 0.920 bits per heavy atom. The number of aliphatic hydroxyl groups is 1. The van der Waals surface area contributed by atoms with Gasteiger partial charge in [-0.3, -0.25) is 4.72 Å². The van der Waals surface area contributed by atoms with Gasteiger partial charge >= 0.3 is 0 Å². The van der Waals surface area contributed by atoms with E-state index in [-0.39, 0.29) is 0 Å². The third-order valence-electron chi connectivity index (χ3n) is 9.28. The average Bonchev–Trinajstić information content (AvgIpc) is 3.69. The molecule has 1 fully saturated rings. The maximum Gasteiger partial charge on any atom is 0.229 e. The summed E-state index contributed by atoms with van der Waals surface area (Å²) in [6.07, 6.45) is 3.32. The van der Waals surface area contributed by atoms with Gasteiger partial charge in [-0.25, -0.2) is 8.42 Å². The summed E-state index contributed by atoms with van der Waals surface area (Å²) in [4.78, 5) is 0. The van der Waals surface area contributed by atoms with Crippen molar-refractivity contribution in [2.75, 3.05) is 38.3 Å². The molecule has 11 heteroatoms. The van der Waals surface area contributed by atoms with Crippen molar-refractivity contribution in [2.45, 2.75) is 49.7 Å². The Hall–Kier alpha value is -4.39. The molecule has 1 aliphatic heterocycles. The second kappa shape index (κ2) is 15.2. The molecule has 264 valence electrons. The van der Waals surface area contributed by atoms with Gasteiger partial charge in [0.15, 0.2) is 0 Å². The molecule has 4 aromatic carbocycles. The standard InChI is InChI=1S/C39H45N3O7S/c1-46-32-16-11-27(12-17-32)21-23-48-39(29-9-5-4-6-10-29,30-13-18-33(47-2)19-14-30)38-36(43)25-37(49-38)42-26-28(8-7-22-40)34-24-31(15-20-35(34)42)41-50(3,44)45/h4-6,9-20,24,26,36-38,41,43H,7-8,21-23,25,40H2,1-3H3. The molecule has 0 aliphatic carbocycles. The Morgan fingerprint density at radius 2 is 1.58 bits per heavy atom. The predicted molar refractivity (Wildman–Crippen MR) is 195 cm³/mol. The van der Waals surface area contributed by atoms with Crippen LogP contribution in [0, 0.1) is 0 Å². The van der Waals surface area contributed by atoms with Gasteiger partial charge in [-0.1, -0.05) is 54.6 Å². The lowest BCUT2D eigenvalue weighted by atomic mass is 9.79. The maximum atomic E-state index is 12.0. The molecule has 6 rings (SSSR count). The van der Waals surface area contributed by atoms with E-state index in [9.17, 15) is 13.5 Å². The molecule has 1 saturated heterocycles. The number of nitrogens with one attached hydrogen (secondary N) is 1. The zero-order chi connectivity index (χ0) is 35.3. The van der Waals surface area contributed by atoms with Crippen LogP contribution in [0.15, 0.2) is 103 Å². The normalized spacial score (nSPS) is 18.9. The Morgan fingerprint density at radius 3 is 2.22 bits per heavy atom. The fourth-order valence-electron chi connectivity index (χ4n) is 6.91. The van der Waals surface area contributed by atoms with Crippen LogP contribution in [0.5, 0.6) is 11.5 Å². The molecule has 0 radical (unpaired) electrons. The van der Waals surface area contributed by atoms with E-state index in [1.54, 1.807) is 20.3 Å². The highest BCUT2D eigenvalue weighted by atomic mass is 32.2. The van der Waals surface area contributed by atoms with Crippen molar-refractivity contribution in [3.8, 4) is 11.5 Å². The monoisotopic (exact) mass is 699 g/mol. The fraction of sp³-hybridized carbons (Fsp3) is 0.333. The third kappa shape index (κ3) is 7.52. The number of methoxy groups -OCH3 is 2. The first-order valence-electron chi connectivity index (χ1n) is 16.8. The van der Waals surface area contributed by atoms with Crippen LogP contribution in [0.1, 0.15) is 41.3 Å². The second-order valence-corrected chi connectivity index (χ2v) is 14.4. The number of anilines is 1. The van der Waals surface area contributed by atoms with Crippen LogP contribution in [-0.4, -0.2) is 63.9 Å². The van der Waals surface area contributed by atoms with E-state index in [0.717, 1.165) is 51.6 Å². The Bertz CT molecular complexity index is 1980. The SMILES string of the molecule is COc1ccc(CCOC(c2ccccc2)(c2ccc(OC)cc2)C2OC(n3cc(CCCN)c4cc(NS(C)(=O)=O)ccc43)CC2O)cc1. The van der Waals surface area contributed by atoms with Crippen LogP contribution in [0.25, 0.3) is 10.9 Å². The van der Waals surface area contributed by atoms with Gasteiger partial charge in [0.1, 0.15) is 29.4 Å². The smallest absolute Gasteiger partial charge is 0.229 e. The minimum Gasteiger partial charge on any atom is -0.497 e. The Labute approximate surface area is 293 Å². The van der Waals surface area contributed by atoms with Crippen molar-refractivity contribution in [1.29, 1.82) is 0 Å². The second-order valence-electron chi connectivity index (χ2n) is 12.7. The summed E-state index contributed by atoms with van der Waals surface area (Å²) in [5, 5.41) is 12.9. The Kier molecular flexibility index (Phi) is 10.8. The summed E-state index contributed by atoms with van der Waals surface area (Å²) in [5.41, 5.74) is 9.81. The number of fused-ring (bicyclic) bond motifs is 1. The molecule has 4 atom stereocenters. The first-order chi connectivity index (χ1) is 24.1. The van der Waals surface area contributed by atoms with Gasteiger partial charge in [0, 0.05) is 23.7 Å². The zero-order valence-electron chi connectivity index (χ0n) is 28.6.